The predicted octanol–water partition coefficient (Wildman–Crippen LogP) is 6.14. The maximum absolute atomic E-state index is 13.0. The Kier molecular flexibility index (Phi) is 9.40. The van der Waals surface area contributed by atoms with E-state index in [0.717, 1.165) is 22.6 Å². The number of nitrogens with zero attached hydrogens (tertiary/aromatic N) is 2. The Morgan fingerprint density at radius 1 is 0.950 bits per heavy atom. The van der Waals surface area contributed by atoms with Crippen molar-refractivity contribution in [2.24, 2.45) is 0 Å². The number of hydrogen-bond acceptors (Lipinski definition) is 7. The van der Waals surface area contributed by atoms with Crippen molar-refractivity contribution in [2.75, 3.05) is 13.7 Å². The summed E-state index contributed by atoms with van der Waals surface area (Å²) in [6.07, 6.45) is 0.0468. The monoisotopic (exact) mass is 544 g/mol. The van der Waals surface area contributed by atoms with Crippen molar-refractivity contribution in [3.63, 3.8) is 0 Å². The summed E-state index contributed by atoms with van der Waals surface area (Å²) in [6.45, 7) is 4.05. The lowest BCUT2D eigenvalue weighted by Crippen LogP contribution is -2.45. The Morgan fingerprint density at radius 2 is 1.60 bits per heavy atom. The van der Waals surface area contributed by atoms with E-state index in [1.165, 1.54) is 12.0 Å². The fourth-order valence-electron chi connectivity index (χ4n) is 4.15. The Bertz CT molecular complexity index is 1400. The minimum absolute atomic E-state index is 0.0560. The van der Waals surface area contributed by atoms with Crippen molar-refractivity contribution in [1.82, 2.24) is 9.88 Å². The van der Waals surface area contributed by atoms with Gasteiger partial charge in [0.15, 0.2) is 0 Å². The molecule has 0 saturated heterocycles. The van der Waals surface area contributed by atoms with Gasteiger partial charge in [-0.3, -0.25) is 4.90 Å². The first-order valence-electron chi connectivity index (χ1n) is 13.0. The molecule has 9 nitrogen and oxygen atoms in total. The number of amides is 1. The summed E-state index contributed by atoms with van der Waals surface area (Å²) in [4.78, 5) is 30.7. The van der Waals surface area contributed by atoms with E-state index in [4.69, 9.17) is 18.6 Å². The number of carbonyl (C=O) groups is 2. The molecule has 0 spiro atoms. The maximum Gasteiger partial charge on any atom is 0.416 e. The van der Waals surface area contributed by atoms with Crippen LogP contribution in [-0.4, -0.2) is 46.8 Å². The molecule has 0 radical (unpaired) electrons. The second-order valence-corrected chi connectivity index (χ2v) is 9.06. The lowest BCUT2D eigenvalue weighted by Gasteiger charge is -2.27. The highest BCUT2D eigenvalue weighted by molar-refractivity contribution is 5.81. The topological polar surface area (TPSA) is 111 Å². The molecule has 208 valence electrons. The van der Waals surface area contributed by atoms with Crippen molar-refractivity contribution in [3.05, 3.63) is 95.9 Å². The number of carboxylic acid groups (broad SMARTS) is 1. The highest BCUT2D eigenvalue weighted by atomic mass is 16.6. The summed E-state index contributed by atoms with van der Waals surface area (Å²) < 4.78 is 22.3. The lowest BCUT2D eigenvalue weighted by molar-refractivity contribution is -0.142. The van der Waals surface area contributed by atoms with Gasteiger partial charge < -0.3 is 23.7 Å². The summed E-state index contributed by atoms with van der Waals surface area (Å²) in [5.74, 6) is 1.78. The zero-order valence-electron chi connectivity index (χ0n) is 22.7. The van der Waals surface area contributed by atoms with Gasteiger partial charge in [-0.25, -0.2) is 14.6 Å². The first-order chi connectivity index (χ1) is 19.4. The van der Waals surface area contributed by atoms with Gasteiger partial charge in [0.25, 0.3) is 0 Å². The minimum atomic E-state index is -1.10. The predicted molar refractivity (Wildman–Crippen MR) is 149 cm³/mol. The maximum atomic E-state index is 13.0. The second-order valence-electron chi connectivity index (χ2n) is 9.06. The number of hydrogen-bond donors (Lipinski definition) is 1. The number of ether oxygens (including phenoxy) is 3. The largest absolute Gasteiger partial charge is 0.497 e. The van der Waals surface area contributed by atoms with Gasteiger partial charge in [0.05, 0.1) is 19.4 Å². The van der Waals surface area contributed by atoms with E-state index in [1.54, 1.807) is 55.5 Å². The number of aryl methyl sites for hydroxylation is 1. The molecule has 0 fully saturated rings. The van der Waals surface area contributed by atoms with E-state index in [1.807, 2.05) is 37.3 Å². The van der Waals surface area contributed by atoms with Crippen molar-refractivity contribution >= 4 is 12.1 Å². The number of methoxy groups -OCH3 is 1. The van der Waals surface area contributed by atoms with Crippen LogP contribution in [0.4, 0.5) is 4.79 Å². The highest BCUT2D eigenvalue weighted by Gasteiger charge is 2.30. The average Bonchev–Trinajstić information content (AvgIpc) is 3.34. The SMILES string of the molecule is CCC(C(=O)O)N(Cc1ccc(OCCc2nc(-c3ccccc3)oc2C)cc1)C(=O)Oc1ccc(OC)cc1. The molecule has 4 aromatic rings. The van der Waals surface area contributed by atoms with Crippen LogP contribution in [0.5, 0.6) is 17.2 Å². The standard InChI is InChI=1S/C31H32N2O7/c1-4-28(30(34)35)33(31(36)40-26-16-14-24(37-3)15-17-26)20-22-10-12-25(13-11-22)38-19-18-27-21(2)39-29(32-27)23-8-6-5-7-9-23/h5-17,28H,4,18-20H2,1-3H3,(H,34,35). The van der Waals surface area contributed by atoms with Gasteiger partial charge in [-0.2, -0.15) is 0 Å². The van der Waals surface area contributed by atoms with Gasteiger partial charge in [0, 0.05) is 18.5 Å². The molecular formula is C31H32N2O7. The zero-order chi connectivity index (χ0) is 28.5. The van der Waals surface area contributed by atoms with Crippen LogP contribution in [0.25, 0.3) is 11.5 Å². The summed E-state index contributed by atoms with van der Waals surface area (Å²) in [7, 11) is 1.54. The van der Waals surface area contributed by atoms with Crippen LogP contribution >= 0.6 is 0 Å². The molecule has 1 N–H and O–H groups in total. The molecule has 3 aromatic carbocycles. The molecule has 1 aromatic heterocycles. The summed E-state index contributed by atoms with van der Waals surface area (Å²) in [6, 6.07) is 22.3. The third-order valence-electron chi connectivity index (χ3n) is 6.34. The van der Waals surface area contributed by atoms with Gasteiger partial charge in [-0.05, 0) is 67.4 Å². The van der Waals surface area contributed by atoms with Crippen molar-refractivity contribution in [2.45, 2.75) is 39.3 Å². The van der Waals surface area contributed by atoms with Crippen molar-refractivity contribution < 1.29 is 33.3 Å². The molecule has 1 unspecified atom stereocenters. The number of rotatable bonds is 12. The third-order valence-corrected chi connectivity index (χ3v) is 6.34. The van der Waals surface area contributed by atoms with Gasteiger partial charge in [-0.1, -0.05) is 37.3 Å². The van der Waals surface area contributed by atoms with E-state index < -0.39 is 18.1 Å². The van der Waals surface area contributed by atoms with Gasteiger partial charge in [0.2, 0.25) is 5.89 Å². The molecule has 0 aliphatic heterocycles. The van der Waals surface area contributed by atoms with Crippen LogP contribution in [0.1, 0.15) is 30.4 Å². The summed E-state index contributed by atoms with van der Waals surface area (Å²) >= 11 is 0. The molecular weight excluding hydrogens is 512 g/mol. The summed E-state index contributed by atoms with van der Waals surface area (Å²) in [5.41, 5.74) is 2.49. The number of aliphatic carboxylic acids is 1. The van der Waals surface area contributed by atoms with E-state index in [0.29, 0.717) is 30.4 Å². The molecule has 1 amide bonds. The molecule has 0 aliphatic carbocycles. The first kappa shape index (κ1) is 28.2. The number of oxazole rings is 1. The number of benzene rings is 3. The Morgan fingerprint density at radius 3 is 2.23 bits per heavy atom. The summed E-state index contributed by atoms with van der Waals surface area (Å²) in [5, 5.41) is 9.73. The zero-order valence-corrected chi connectivity index (χ0v) is 22.7. The van der Waals surface area contributed by atoms with E-state index in [9.17, 15) is 14.7 Å². The van der Waals surface area contributed by atoms with Crippen molar-refractivity contribution in [1.29, 1.82) is 0 Å². The average molecular weight is 545 g/mol. The minimum Gasteiger partial charge on any atom is -0.497 e. The van der Waals surface area contributed by atoms with Crippen LogP contribution in [0.3, 0.4) is 0 Å². The second kappa shape index (κ2) is 13.3. The fourth-order valence-corrected chi connectivity index (χ4v) is 4.15. The number of aromatic nitrogens is 1. The molecule has 40 heavy (non-hydrogen) atoms. The lowest BCUT2D eigenvalue weighted by atomic mass is 10.1. The Hall–Kier alpha value is -4.79. The van der Waals surface area contributed by atoms with Crippen LogP contribution in [0, 0.1) is 6.92 Å². The van der Waals surface area contributed by atoms with Crippen LogP contribution in [-0.2, 0) is 17.8 Å². The van der Waals surface area contributed by atoms with Crippen LogP contribution in [0.2, 0.25) is 0 Å². The normalized spacial score (nSPS) is 11.5. The molecule has 0 aliphatic rings. The van der Waals surface area contributed by atoms with Gasteiger partial charge in [-0.15, -0.1) is 0 Å². The highest BCUT2D eigenvalue weighted by Crippen LogP contribution is 2.23. The van der Waals surface area contributed by atoms with Crippen molar-refractivity contribution in [3.8, 4) is 28.7 Å². The smallest absolute Gasteiger partial charge is 0.416 e. The van der Waals surface area contributed by atoms with Gasteiger partial charge in [0.1, 0.15) is 29.1 Å². The van der Waals surface area contributed by atoms with E-state index in [-0.39, 0.29) is 18.7 Å². The molecule has 1 heterocycles. The Balaban J connectivity index is 1.37. The first-order valence-corrected chi connectivity index (χ1v) is 13.0. The molecule has 9 heteroatoms. The van der Waals surface area contributed by atoms with Crippen LogP contribution in [0.15, 0.2) is 83.3 Å². The molecule has 0 saturated carbocycles. The number of carbonyl (C=O) groups excluding carboxylic acids is 1. The third kappa shape index (κ3) is 7.19. The van der Waals surface area contributed by atoms with Crippen LogP contribution < -0.4 is 14.2 Å². The molecule has 4 rings (SSSR count). The Labute approximate surface area is 232 Å². The van der Waals surface area contributed by atoms with Gasteiger partial charge >= 0.3 is 12.1 Å². The quantitative estimate of drug-likeness (QED) is 0.226. The molecule has 0 bridgehead atoms. The molecule has 1 atom stereocenters. The fraction of sp³-hybridized carbons (Fsp3) is 0.258. The van der Waals surface area contributed by atoms with E-state index >= 15 is 0 Å². The van der Waals surface area contributed by atoms with E-state index in [2.05, 4.69) is 4.98 Å². The number of carboxylic acids is 1.